The number of ether oxygens (including phenoxy) is 1. The van der Waals surface area contributed by atoms with Gasteiger partial charge < -0.3 is 4.74 Å². The van der Waals surface area contributed by atoms with Crippen LogP contribution in [-0.2, 0) is 9.53 Å². The summed E-state index contributed by atoms with van der Waals surface area (Å²) in [5.74, 6) is 0.311. The van der Waals surface area contributed by atoms with Gasteiger partial charge in [0.1, 0.15) is 5.76 Å². The minimum Gasteiger partial charge on any atom is -0.426 e. The Hall–Kier alpha value is -1.22. The molecule has 0 spiro atoms. The molecule has 0 aliphatic rings. The molecule has 15 heavy (non-hydrogen) atoms. The summed E-state index contributed by atoms with van der Waals surface area (Å²) in [7, 11) is 0. The molecule has 1 aromatic rings. The van der Waals surface area contributed by atoms with Crippen molar-refractivity contribution in [3.63, 3.8) is 0 Å². The van der Waals surface area contributed by atoms with E-state index in [9.17, 15) is 4.79 Å². The molecule has 0 atom stereocenters. The number of benzene rings is 1. The maximum atomic E-state index is 10.9. The van der Waals surface area contributed by atoms with Gasteiger partial charge in [0.25, 0.3) is 0 Å². The summed E-state index contributed by atoms with van der Waals surface area (Å²) in [4.78, 5) is 10.9. The van der Waals surface area contributed by atoms with Gasteiger partial charge in [-0.1, -0.05) is 29.8 Å². The topological polar surface area (TPSA) is 26.3 Å². The molecular weight excluding hydrogens is 208 g/mol. The Balaban J connectivity index is 2.94. The van der Waals surface area contributed by atoms with Crippen LogP contribution < -0.4 is 0 Å². The highest BCUT2D eigenvalue weighted by molar-refractivity contribution is 8.01. The van der Waals surface area contributed by atoms with Crippen LogP contribution in [0.15, 0.2) is 29.7 Å². The second-order valence-corrected chi connectivity index (χ2v) is 3.88. The van der Waals surface area contributed by atoms with E-state index in [1.54, 1.807) is 0 Å². The van der Waals surface area contributed by atoms with Crippen LogP contribution in [0.2, 0.25) is 0 Å². The predicted molar refractivity (Wildman–Crippen MR) is 64.4 cm³/mol. The summed E-state index contributed by atoms with van der Waals surface area (Å²) < 4.78 is 5.12. The average Bonchev–Trinajstić information content (AvgIpc) is 2.17. The monoisotopic (exact) mass is 222 g/mol. The molecule has 0 amide bonds. The lowest BCUT2D eigenvalue weighted by molar-refractivity contribution is -0.134. The quantitative estimate of drug-likeness (QED) is 0.580. The lowest BCUT2D eigenvalue weighted by atomic mass is 10.1. The molecule has 0 saturated carbocycles. The Kier molecular flexibility index (Phi) is 4.43. The maximum Gasteiger partial charge on any atom is 0.308 e. The van der Waals surface area contributed by atoms with Crippen molar-refractivity contribution in [2.75, 3.05) is 6.26 Å². The van der Waals surface area contributed by atoms with Crippen LogP contribution in [-0.4, -0.2) is 12.2 Å². The van der Waals surface area contributed by atoms with Crippen molar-refractivity contribution in [3.8, 4) is 0 Å². The summed E-state index contributed by atoms with van der Waals surface area (Å²) in [5.41, 5.74) is 2.11. The first-order chi connectivity index (χ1) is 7.13. The fourth-order valence-corrected chi connectivity index (χ4v) is 1.53. The van der Waals surface area contributed by atoms with Gasteiger partial charge in [-0.15, -0.1) is 11.8 Å². The molecule has 0 radical (unpaired) electrons. The van der Waals surface area contributed by atoms with Crippen molar-refractivity contribution in [2.45, 2.75) is 13.8 Å². The normalized spacial score (nSPS) is 11.3. The number of esters is 1. The van der Waals surface area contributed by atoms with Crippen LogP contribution in [0.5, 0.6) is 0 Å². The maximum absolute atomic E-state index is 10.9. The highest BCUT2D eigenvalue weighted by Gasteiger charge is 2.04. The Labute approximate surface area is 94.3 Å². The van der Waals surface area contributed by atoms with Gasteiger partial charge in [0.05, 0.1) is 0 Å². The molecule has 1 aromatic carbocycles. The van der Waals surface area contributed by atoms with Crippen molar-refractivity contribution >= 4 is 23.5 Å². The van der Waals surface area contributed by atoms with Crippen LogP contribution in [0.4, 0.5) is 0 Å². The van der Waals surface area contributed by atoms with E-state index < -0.39 is 0 Å². The van der Waals surface area contributed by atoms with Crippen molar-refractivity contribution in [2.24, 2.45) is 0 Å². The van der Waals surface area contributed by atoms with E-state index in [0.717, 1.165) is 5.56 Å². The van der Waals surface area contributed by atoms with E-state index in [1.807, 2.05) is 42.9 Å². The molecule has 0 saturated heterocycles. The third kappa shape index (κ3) is 3.80. The third-order valence-electron chi connectivity index (χ3n) is 1.81. The van der Waals surface area contributed by atoms with Crippen LogP contribution in [0.3, 0.4) is 0 Å². The van der Waals surface area contributed by atoms with Crippen molar-refractivity contribution in [1.29, 1.82) is 0 Å². The molecule has 1 rings (SSSR count). The van der Waals surface area contributed by atoms with E-state index >= 15 is 0 Å². The molecule has 0 heterocycles. The lowest BCUT2D eigenvalue weighted by Gasteiger charge is -2.06. The second-order valence-electron chi connectivity index (χ2n) is 3.18. The molecule has 2 nitrogen and oxygen atoms in total. The summed E-state index contributed by atoms with van der Waals surface area (Å²) in [5, 5.41) is 1.83. The minimum absolute atomic E-state index is 0.295. The number of thioether (sulfide) groups is 1. The summed E-state index contributed by atoms with van der Waals surface area (Å²) in [6.07, 6.45) is 1.93. The number of hydrogen-bond acceptors (Lipinski definition) is 3. The Morgan fingerprint density at radius 2 is 1.93 bits per heavy atom. The first-order valence-electron chi connectivity index (χ1n) is 4.62. The zero-order valence-electron chi connectivity index (χ0n) is 9.11. The summed E-state index contributed by atoms with van der Waals surface area (Å²) in [6, 6.07) is 7.88. The number of hydrogen-bond donors (Lipinski definition) is 0. The fraction of sp³-hybridized carbons (Fsp3) is 0.250. The number of carbonyl (C=O) groups is 1. The fourth-order valence-electron chi connectivity index (χ4n) is 1.13. The standard InChI is InChI=1S/C12H14O2S/c1-9-4-6-11(7-5-9)12(8-15-3)14-10(2)13/h4-8H,1-3H3/b12-8-. The number of carbonyl (C=O) groups excluding carboxylic acids is 1. The molecule has 0 bridgehead atoms. The summed E-state index contributed by atoms with van der Waals surface area (Å²) in [6.45, 7) is 3.43. The van der Waals surface area contributed by atoms with Gasteiger partial charge in [0.2, 0.25) is 0 Å². The lowest BCUT2D eigenvalue weighted by Crippen LogP contribution is -1.98. The highest BCUT2D eigenvalue weighted by Crippen LogP contribution is 2.19. The van der Waals surface area contributed by atoms with E-state index in [1.165, 1.54) is 24.2 Å². The molecule has 0 aliphatic carbocycles. The van der Waals surface area contributed by atoms with Crippen molar-refractivity contribution < 1.29 is 9.53 Å². The van der Waals surface area contributed by atoms with Gasteiger partial charge >= 0.3 is 5.97 Å². The van der Waals surface area contributed by atoms with Gasteiger partial charge in [-0.05, 0) is 13.2 Å². The zero-order valence-corrected chi connectivity index (χ0v) is 9.93. The molecule has 0 unspecified atom stereocenters. The number of aryl methyl sites for hydroxylation is 1. The molecule has 3 heteroatoms. The Morgan fingerprint density at radius 3 is 2.40 bits per heavy atom. The van der Waals surface area contributed by atoms with Crippen LogP contribution in [0, 0.1) is 6.92 Å². The molecule has 0 aliphatic heterocycles. The average molecular weight is 222 g/mol. The first-order valence-corrected chi connectivity index (χ1v) is 5.90. The predicted octanol–water partition coefficient (Wildman–Crippen LogP) is 3.22. The van der Waals surface area contributed by atoms with E-state index in [0.29, 0.717) is 5.76 Å². The smallest absolute Gasteiger partial charge is 0.308 e. The van der Waals surface area contributed by atoms with Gasteiger partial charge in [-0.2, -0.15) is 0 Å². The van der Waals surface area contributed by atoms with Gasteiger partial charge in [0.15, 0.2) is 0 Å². The largest absolute Gasteiger partial charge is 0.426 e. The van der Waals surface area contributed by atoms with Crippen molar-refractivity contribution in [3.05, 3.63) is 40.8 Å². The van der Waals surface area contributed by atoms with Gasteiger partial charge in [-0.3, -0.25) is 4.79 Å². The summed E-state index contributed by atoms with van der Waals surface area (Å²) >= 11 is 1.51. The second kappa shape index (κ2) is 5.61. The van der Waals surface area contributed by atoms with E-state index in [4.69, 9.17) is 4.74 Å². The van der Waals surface area contributed by atoms with Crippen LogP contribution >= 0.6 is 11.8 Å². The minimum atomic E-state index is -0.295. The Morgan fingerprint density at radius 1 is 1.33 bits per heavy atom. The third-order valence-corrected chi connectivity index (χ3v) is 2.26. The first kappa shape index (κ1) is 11.9. The highest BCUT2D eigenvalue weighted by atomic mass is 32.2. The van der Waals surface area contributed by atoms with Crippen LogP contribution in [0.25, 0.3) is 5.76 Å². The molecule has 0 N–H and O–H groups in total. The Bertz CT molecular complexity index is 366. The van der Waals surface area contributed by atoms with Gasteiger partial charge in [0, 0.05) is 17.9 Å². The molecule has 80 valence electrons. The molecular formula is C12H14O2S. The molecule has 0 fully saturated rings. The van der Waals surface area contributed by atoms with E-state index in [-0.39, 0.29) is 5.97 Å². The van der Waals surface area contributed by atoms with Gasteiger partial charge in [-0.25, -0.2) is 0 Å². The van der Waals surface area contributed by atoms with Crippen molar-refractivity contribution in [1.82, 2.24) is 0 Å². The van der Waals surface area contributed by atoms with E-state index in [2.05, 4.69) is 0 Å². The van der Waals surface area contributed by atoms with Crippen LogP contribution in [0.1, 0.15) is 18.1 Å². The molecule has 0 aromatic heterocycles. The zero-order chi connectivity index (χ0) is 11.3. The number of rotatable bonds is 3. The SMILES string of the molecule is CS/C=C(\OC(C)=O)c1ccc(C)cc1.